The summed E-state index contributed by atoms with van der Waals surface area (Å²) in [5, 5.41) is 0.122. The molecule has 2 heterocycles. The summed E-state index contributed by atoms with van der Waals surface area (Å²) in [5.41, 5.74) is 4.93. The number of nitrogens with zero attached hydrogens (tertiary/aromatic N) is 3. The largest absolute Gasteiger partial charge is 0.368 e. The second-order valence-electron chi connectivity index (χ2n) is 7.17. The Kier molecular flexibility index (Phi) is 4.19. The lowest BCUT2D eigenvalue weighted by atomic mass is 9.97. The van der Waals surface area contributed by atoms with Crippen LogP contribution in [0.5, 0.6) is 0 Å². The highest BCUT2D eigenvalue weighted by Gasteiger charge is 2.32. The molecule has 1 atom stereocenters. The summed E-state index contributed by atoms with van der Waals surface area (Å²) in [6.07, 6.45) is 3.48. The average Bonchev–Trinajstić information content (AvgIpc) is 3.46. The van der Waals surface area contributed by atoms with Gasteiger partial charge in [0.2, 0.25) is 0 Å². The summed E-state index contributed by atoms with van der Waals surface area (Å²) in [7, 11) is 0. The molecule has 2 aliphatic rings. The third-order valence-corrected chi connectivity index (χ3v) is 5.71. The number of nitrogen functional groups attached to an aromatic ring is 1. The average molecular weight is 382 g/mol. The fourth-order valence-electron chi connectivity index (χ4n) is 3.85. The number of halogens is 2. The van der Waals surface area contributed by atoms with Gasteiger partial charge in [0.15, 0.2) is 0 Å². The summed E-state index contributed by atoms with van der Waals surface area (Å²) in [4.78, 5) is 26.8. The van der Waals surface area contributed by atoms with Crippen molar-refractivity contribution in [3.8, 4) is 0 Å². The third kappa shape index (κ3) is 2.59. The molecule has 1 aliphatic carbocycles. The summed E-state index contributed by atoms with van der Waals surface area (Å²) >= 11 is 6.58. The molecule has 1 saturated heterocycles. The zero-order chi connectivity index (χ0) is 18.6. The van der Waals surface area contributed by atoms with Gasteiger partial charge in [-0.1, -0.05) is 11.6 Å². The van der Waals surface area contributed by atoms with E-state index >= 15 is 0 Å². The van der Waals surface area contributed by atoms with Gasteiger partial charge < -0.3 is 16.5 Å². The summed E-state index contributed by atoms with van der Waals surface area (Å²) < 4.78 is 16.9. The molecule has 2 aromatic rings. The van der Waals surface area contributed by atoms with E-state index < -0.39 is 17.1 Å². The maximum Gasteiger partial charge on any atom is 0.350 e. The predicted octanol–water partition coefficient (Wildman–Crippen LogP) is 1.18. The molecule has 9 heteroatoms. The molecule has 1 aromatic carbocycles. The van der Waals surface area contributed by atoms with Crippen molar-refractivity contribution in [2.45, 2.75) is 31.7 Å². The SMILES string of the molecule is NCC1CCCN(c2c(F)cc3c(=O)n(N)c(=O)n(C4CC4)c3c2Cl)C1. The van der Waals surface area contributed by atoms with Crippen LogP contribution in [0.1, 0.15) is 31.7 Å². The van der Waals surface area contributed by atoms with Crippen molar-refractivity contribution in [1.82, 2.24) is 9.24 Å². The van der Waals surface area contributed by atoms with E-state index in [1.165, 1.54) is 4.57 Å². The van der Waals surface area contributed by atoms with Crippen molar-refractivity contribution in [2.24, 2.45) is 11.7 Å². The van der Waals surface area contributed by atoms with Crippen LogP contribution in [0.2, 0.25) is 5.02 Å². The number of anilines is 1. The molecule has 1 aromatic heterocycles. The first kappa shape index (κ1) is 17.4. The van der Waals surface area contributed by atoms with Crippen LogP contribution in [-0.4, -0.2) is 28.9 Å². The van der Waals surface area contributed by atoms with Crippen LogP contribution >= 0.6 is 11.6 Å². The topological polar surface area (TPSA) is 99.3 Å². The van der Waals surface area contributed by atoms with Crippen LogP contribution < -0.4 is 27.7 Å². The number of hydrogen-bond acceptors (Lipinski definition) is 5. The zero-order valence-electron chi connectivity index (χ0n) is 14.3. The van der Waals surface area contributed by atoms with Crippen LogP contribution in [0.3, 0.4) is 0 Å². The Balaban J connectivity index is 1.99. The van der Waals surface area contributed by atoms with Crippen molar-refractivity contribution < 1.29 is 4.39 Å². The van der Waals surface area contributed by atoms with E-state index in [1.807, 2.05) is 4.90 Å². The molecule has 2 fully saturated rings. The van der Waals surface area contributed by atoms with Gasteiger partial charge in [0, 0.05) is 19.1 Å². The molecular formula is C17H21ClFN5O2. The Morgan fingerprint density at radius 1 is 1.27 bits per heavy atom. The lowest BCUT2D eigenvalue weighted by Gasteiger charge is -2.35. The predicted molar refractivity (Wildman–Crippen MR) is 99.8 cm³/mol. The first-order valence-electron chi connectivity index (χ1n) is 8.83. The Hall–Kier alpha value is -2.06. The fourth-order valence-corrected chi connectivity index (χ4v) is 4.25. The number of piperidine rings is 1. The van der Waals surface area contributed by atoms with E-state index in [9.17, 15) is 14.0 Å². The monoisotopic (exact) mass is 381 g/mol. The Morgan fingerprint density at radius 2 is 2.00 bits per heavy atom. The molecule has 0 bridgehead atoms. The minimum atomic E-state index is -0.743. The fraction of sp³-hybridized carbons (Fsp3) is 0.529. The number of hydrogen-bond donors (Lipinski definition) is 2. The summed E-state index contributed by atoms with van der Waals surface area (Å²) in [5.74, 6) is 5.29. The van der Waals surface area contributed by atoms with Crippen LogP contribution in [0.25, 0.3) is 10.9 Å². The van der Waals surface area contributed by atoms with E-state index in [-0.39, 0.29) is 33.6 Å². The van der Waals surface area contributed by atoms with E-state index in [0.717, 1.165) is 31.7 Å². The van der Waals surface area contributed by atoms with Crippen LogP contribution in [-0.2, 0) is 0 Å². The molecule has 1 saturated carbocycles. The highest BCUT2D eigenvalue weighted by atomic mass is 35.5. The lowest BCUT2D eigenvalue weighted by Crippen LogP contribution is -2.45. The Bertz CT molecular complexity index is 998. The molecular weight excluding hydrogens is 361 g/mol. The van der Waals surface area contributed by atoms with E-state index in [1.54, 1.807) is 0 Å². The quantitative estimate of drug-likeness (QED) is 0.778. The number of fused-ring (bicyclic) bond motifs is 1. The molecule has 26 heavy (non-hydrogen) atoms. The van der Waals surface area contributed by atoms with Gasteiger partial charge in [-0.05, 0) is 44.2 Å². The highest BCUT2D eigenvalue weighted by molar-refractivity contribution is 6.37. The Morgan fingerprint density at radius 3 is 2.65 bits per heavy atom. The van der Waals surface area contributed by atoms with Crippen LogP contribution in [0.15, 0.2) is 15.7 Å². The molecule has 4 N–H and O–H groups in total. The molecule has 7 nitrogen and oxygen atoms in total. The van der Waals surface area contributed by atoms with Gasteiger partial charge in [0.1, 0.15) is 5.82 Å². The molecule has 4 rings (SSSR count). The van der Waals surface area contributed by atoms with Gasteiger partial charge in [-0.15, -0.1) is 0 Å². The van der Waals surface area contributed by atoms with Crippen molar-refractivity contribution >= 4 is 28.2 Å². The summed E-state index contributed by atoms with van der Waals surface area (Å²) in [6, 6.07) is 1.08. The van der Waals surface area contributed by atoms with Crippen molar-refractivity contribution in [3.05, 3.63) is 37.7 Å². The summed E-state index contributed by atoms with van der Waals surface area (Å²) in [6.45, 7) is 1.77. The van der Waals surface area contributed by atoms with Crippen molar-refractivity contribution in [2.75, 3.05) is 30.4 Å². The first-order chi connectivity index (χ1) is 12.4. The standard InChI is InChI=1S/C17H21ClFN5O2/c18-13-14-11(16(25)24(21)17(26)23(14)10-3-4-10)6-12(19)15(13)22-5-1-2-9(7-20)8-22/h6,9-10H,1-5,7-8,20-21H2. The maximum atomic E-state index is 14.9. The van der Waals surface area contributed by atoms with Gasteiger partial charge in [-0.3, -0.25) is 9.36 Å². The van der Waals surface area contributed by atoms with Crippen LogP contribution in [0, 0.1) is 11.7 Å². The van der Waals surface area contributed by atoms with E-state index in [4.69, 9.17) is 23.2 Å². The second kappa shape index (κ2) is 6.28. The van der Waals surface area contributed by atoms with E-state index in [0.29, 0.717) is 24.3 Å². The van der Waals surface area contributed by atoms with Gasteiger partial charge in [-0.2, -0.15) is 4.68 Å². The maximum absolute atomic E-state index is 14.9. The first-order valence-corrected chi connectivity index (χ1v) is 9.21. The lowest BCUT2D eigenvalue weighted by molar-refractivity contribution is 0.420. The third-order valence-electron chi connectivity index (χ3n) is 5.35. The minimum absolute atomic E-state index is 0.0256. The molecule has 140 valence electrons. The van der Waals surface area contributed by atoms with Crippen molar-refractivity contribution in [3.63, 3.8) is 0 Å². The number of benzene rings is 1. The molecule has 0 spiro atoms. The smallest absolute Gasteiger partial charge is 0.350 e. The second-order valence-corrected chi connectivity index (χ2v) is 7.54. The molecule has 0 amide bonds. The van der Waals surface area contributed by atoms with Gasteiger partial charge in [0.25, 0.3) is 5.56 Å². The van der Waals surface area contributed by atoms with Gasteiger partial charge in [0.05, 0.1) is 21.6 Å². The van der Waals surface area contributed by atoms with Gasteiger partial charge in [-0.25, -0.2) is 9.18 Å². The van der Waals surface area contributed by atoms with Crippen molar-refractivity contribution in [1.29, 1.82) is 0 Å². The zero-order valence-corrected chi connectivity index (χ0v) is 15.0. The molecule has 1 aliphatic heterocycles. The van der Waals surface area contributed by atoms with Crippen LogP contribution in [0.4, 0.5) is 10.1 Å². The normalized spacial score (nSPS) is 20.7. The van der Waals surface area contributed by atoms with E-state index in [2.05, 4.69) is 0 Å². The number of nitrogens with two attached hydrogens (primary N) is 2. The molecule has 0 radical (unpaired) electrons. The Labute approximate surface area is 153 Å². The minimum Gasteiger partial charge on any atom is -0.368 e. The van der Waals surface area contributed by atoms with Gasteiger partial charge >= 0.3 is 5.69 Å². The number of rotatable bonds is 3. The highest BCUT2D eigenvalue weighted by Crippen LogP contribution is 2.41. The number of aromatic nitrogens is 2. The molecule has 1 unspecified atom stereocenters.